The van der Waals surface area contributed by atoms with Crippen LogP contribution in [-0.4, -0.2) is 62.8 Å². The van der Waals surface area contributed by atoms with Crippen molar-refractivity contribution in [3.8, 4) is 0 Å². The number of para-hydroxylation sites is 1. The van der Waals surface area contributed by atoms with Gasteiger partial charge in [-0.15, -0.1) is 11.8 Å². The Bertz CT molecular complexity index is 895. The summed E-state index contributed by atoms with van der Waals surface area (Å²) in [4.78, 5) is 20.2. The predicted molar refractivity (Wildman–Crippen MR) is 125 cm³/mol. The molecule has 2 aliphatic rings. The van der Waals surface area contributed by atoms with Gasteiger partial charge in [0, 0.05) is 59.8 Å². The molecule has 0 radical (unpaired) electrons. The molecule has 4 nitrogen and oxygen atoms in total. The van der Waals surface area contributed by atoms with E-state index in [1.54, 1.807) is 11.8 Å². The Morgan fingerprint density at radius 1 is 1.03 bits per heavy atom. The molecule has 0 saturated carbocycles. The molecule has 0 aliphatic carbocycles. The molecular weight excluding hydrogens is 402 g/mol. The van der Waals surface area contributed by atoms with E-state index >= 15 is 0 Å². The molecule has 2 saturated heterocycles. The lowest BCUT2D eigenvalue weighted by Gasteiger charge is -2.37. The summed E-state index contributed by atoms with van der Waals surface area (Å²) >= 11 is 7.97. The van der Waals surface area contributed by atoms with Gasteiger partial charge in [-0.05, 0) is 43.0 Å². The van der Waals surface area contributed by atoms with Crippen LogP contribution in [0.4, 0.5) is 11.4 Å². The normalized spacial score (nSPS) is 22.1. The zero-order valence-corrected chi connectivity index (χ0v) is 18.2. The molecular formula is C23H26ClN3OS. The maximum Gasteiger partial charge on any atom is 0.147 e. The first kappa shape index (κ1) is 20.3. The summed E-state index contributed by atoms with van der Waals surface area (Å²) in [6.07, 6.45) is 3.26. The molecule has 2 fully saturated rings. The van der Waals surface area contributed by atoms with Crippen molar-refractivity contribution in [2.24, 2.45) is 0 Å². The molecule has 1 unspecified atom stereocenters. The topological polar surface area (TPSA) is 26.8 Å². The van der Waals surface area contributed by atoms with Crippen molar-refractivity contribution in [1.29, 1.82) is 0 Å². The highest BCUT2D eigenvalue weighted by Crippen LogP contribution is 2.35. The van der Waals surface area contributed by atoms with Crippen molar-refractivity contribution in [2.45, 2.75) is 6.04 Å². The molecule has 6 heteroatoms. The molecule has 2 aliphatic heterocycles. The number of aldehydes is 1. The van der Waals surface area contributed by atoms with Gasteiger partial charge in [0.1, 0.15) is 12.3 Å². The number of likely N-dealkylation sites (N-methyl/N-ethyl adjacent to an activating group) is 1. The van der Waals surface area contributed by atoms with Crippen molar-refractivity contribution >= 4 is 47.1 Å². The minimum Gasteiger partial charge on any atom is -0.368 e. The van der Waals surface area contributed by atoms with E-state index < -0.39 is 0 Å². The molecule has 0 spiro atoms. The fourth-order valence-corrected chi connectivity index (χ4v) is 5.22. The summed E-state index contributed by atoms with van der Waals surface area (Å²) < 4.78 is 0. The van der Waals surface area contributed by atoms with Crippen molar-refractivity contribution in [3.05, 3.63) is 64.0 Å². The van der Waals surface area contributed by atoms with Crippen molar-refractivity contribution in [1.82, 2.24) is 4.90 Å². The Hall–Kier alpha value is -1.95. The van der Waals surface area contributed by atoms with Gasteiger partial charge in [0.15, 0.2) is 0 Å². The van der Waals surface area contributed by atoms with Gasteiger partial charge in [0.05, 0.1) is 0 Å². The van der Waals surface area contributed by atoms with Crippen LogP contribution in [0.1, 0.15) is 5.56 Å². The molecule has 0 amide bonds. The Morgan fingerprint density at radius 3 is 2.59 bits per heavy atom. The number of hydrogen-bond acceptors (Lipinski definition) is 5. The molecule has 1 atom stereocenters. The van der Waals surface area contributed by atoms with Crippen LogP contribution in [0.3, 0.4) is 0 Å². The third kappa shape index (κ3) is 4.63. The van der Waals surface area contributed by atoms with Crippen LogP contribution in [0.5, 0.6) is 0 Å². The van der Waals surface area contributed by atoms with Crippen LogP contribution in [0.15, 0.2) is 53.4 Å². The SMILES string of the molecule is CN1CCN(c2ccccc2C=C2SCCN(c3cccc(Cl)c3)C2C=O)CC1. The Labute approximate surface area is 182 Å². The van der Waals surface area contributed by atoms with Gasteiger partial charge >= 0.3 is 0 Å². The highest BCUT2D eigenvalue weighted by atomic mass is 35.5. The number of rotatable bonds is 4. The first-order valence-electron chi connectivity index (χ1n) is 10.00. The van der Waals surface area contributed by atoms with Gasteiger partial charge in [-0.25, -0.2) is 0 Å². The predicted octanol–water partition coefficient (Wildman–Crippen LogP) is 4.25. The Balaban J connectivity index is 1.64. The molecule has 0 aromatic heterocycles. The quantitative estimate of drug-likeness (QED) is 0.679. The second kappa shape index (κ2) is 9.24. The summed E-state index contributed by atoms with van der Waals surface area (Å²) in [6.45, 7) is 5.01. The van der Waals surface area contributed by atoms with Crippen LogP contribution < -0.4 is 9.80 Å². The van der Waals surface area contributed by atoms with E-state index in [4.69, 9.17) is 11.6 Å². The summed E-state index contributed by atoms with van der Waals surface area (Å²) in [5.41, 5.74) is 3.42. The van der Waals surface area contributed by atoms with E-state index in [1.807, 2.05) is 24.3 Å². The van der Waals surface area contributed by atoms with Crippen molar-refractivity contribution in [3.63, 3.8) is 0 Å². The van der Waals surface area contributed by atoms with E-state index in [-0.39, 0.29) is 6.04 Å². The van der Waals surface area contributed by atoms with E-state index in [1.165, 1.54) is 11.3 Å². The van der Waals surface area contributed by atoms with Crippen LogP contribution in [-0.2, 0) is 4.79 Å². The standard InChI is InChI=1S/C23H26ClN3OS/c1-25-9-11-26(12-10-25)21-8-3-2-5-18(21)15-23-22(17-28)27(13-14-29-23)20-7-4-6-19(24)16-20/h2-8,15-17,22H,9-14H2,1H3. The Kier molecular flexibility index (Phi) is 6.48. The average molecular weight is 428 g/mol. The number of hydrogen-bond donors (Lipinski definition) is 0. The number of thioether (sulfide) groups is 1. The molecule has 2 heterocycles. The summed E-state index contributed by atoms with van der Waals surface area (Å²) in [5.74, 6) is 0.944. The molecule has 29 heavy (non-hydrogen) atoms. The van der Waals surface area contributed by atoms with Crippen LogP contribution in [0.25, 0.3) is 6.08 Å². The summed E-state index contributed by atoms with van der Waals surface area (Å²) in [7, 11) is 2.17. The maximum atomic E-state index is 12.1. The third-order valence-corrected chi connectivity index (χ3v) is 6.89. The van der Waals surface area contributed by atoms with E-state index in [2.05, 4.69) is 52.1 Å². The zero-order valence-electron chi connectivity index (χ0n) is 16.6. The molecule has 152 valence electrons. The summed E-state index contributed by atoms with van der Waals surface area (Å²) in [6, 6.07) is 16.0. The number of anilines is 2. The van der Waals surface area contributed by atoms with Gasteiger partial charge in [0.25, 0.3) is 0 Å². The highest BCUT2D eigenvalue weighted by Gasteiger charge is 2.28. The van der Waals surface area contributed by atoms with E-state index in [0.717, 1.165) is 55.4 Å². The largest absolute Gasteiger partial charge is 0.368 e. The lowest BCUT2D eigenvalue weighted by molar-refractivity contribution is -0.108. The molecule has 0 bridgehead atoms. The number of carbonyl (C=O) groups is 1. The fourth-order valence-electron chi connectivity index (χ4n) is 3.95. The van der Waals surface area contributed by atoms with Crippen LogP contribution in [0.2, 0.25) is 5.02 Å². The van der Waals surface area contributed by atoms with Crippen molar-refractivity contribution in [2.75, 3.05) is 55.3 Å². The van der Waals surface area contributed by atoms with Gasteiger partial charge in [-0.1, -0.05) is 35.9 Å². The van der Waals surface area contributed by atoms with Gasteiger partial charge in [0.2, 0.25) is 0 Å². The number of nitrogens with zero attached hydrogens (tertiary/aromatic N) is 3. The zero-order chi connectivity index (χ0) is 20.2. The summed E-state index contributed by atoms with van der Waals surface area (Å²) in [5, 5.41) is 0.691. The van der Waals surface area contributed by atoms with Crippen LogP contribution in [0, 0.1) is 0 Å². The first-order valence-corrected chi connectivity index (χ1v) is 11.4. The second-order valence-corrected chi connectivity index (χ2v) is 9.10. The molecule has 0 N–H and O–H groups in total. The highest BCUT2D eigenvalue weighted by molar-refractivity contribution is 8.03. The third-order valence-electron chi connectivity index (χ3n) is 5.58. The number of halogens is 1. The monoisotopic (exact) mass is 427 g/mol. The van der Waals surface area contributed by atoms with E-state index in [9.17, 15) is 4.79 Å². The Morgan fingerprint density at radius 2 is 1.83 bits per heavy atom. The average Bonchev–Trinajstić information content (AvgIpc) is 2.75. The fraction of sp³-hybridized carbons (Fsp3) is 0.348. The molecule has 2 aromatic carbocycles. The van der Waals surface area contributed by atoms with Gasteiger partial charge < -0.3 is 19.5 Å². The minimum absolute atomic E-state index is 0.284. The molecule has 2 aromatic rings. The van der Waals surface area contributed by atoms with Gasteiger partial charge in [-0.2, -0.15) is 0 Å². The van der Waals surface area contributed by atoms with Crippen LogP contribution >= 0.6 is 23.4 Å². The lowest BCUT2D eigenvalue weighted by Crippen LogP contribution is -2.44. The number of piperazine rings is 1. The minimum atomic E-state index is -0.284. The maximum absolute atomic E-state index is 12.1. The number of carbonyl (C=O) groups excluding carboxylic acids is 1. The number of benzene rings is 2. The smallest absolute Gasteiger partial charge is 0.147 e. The molecule has 4 rings (SSSR count). The van der Waals surface area contributed by atoms with Crippen molar-refractivity contribution < 1.29 is 4.79 Å². The van der Waals surface area contributed by atoms with Gasteiger partial charge in [-0.3, -0.25) is 0 Å². The second-order valence-electron chi connectivity index (χ2n) is 7.50. The van der Waals surface area contributed by atoms with E-state index in [0.29, 0.717) is 5.02 Å². The lowest BCUT2D eigenvalue weighted by atomic mass is 10.1. The first-order chi connectivity index (χ1) is 14.2.